The molecule has 1 amide bonds. The van der Waals surface area contributed by atoms with Gasteiger partial charge in [-0.25, -0.2) is 14.6 Å². The number of amides is 1. The van der Waals surface area contributed by atoms with Crippen LogP contribution in [0.15, 0.2) is 73.1 Å². The Morgan fingerprint density at radius 3 is 2.65 bits per heavy atom. The van der Waals surface area contributed by atoms with Gasteiger partial charge in [0.25, 0.3) is 0 Å². The summed E-state index contributed by atoms with van der Waals surface area (Å²) in [4.78, 5) is 25.5. The number of carbonyl (C=O) groups excluding carboxylic acids is 1. The molecule has 2 aromatic heterocycles. The third kappa shape index (κ3) is 5.31. The zero-order chi connectivity index (χ0) is 25.8. The maximum Gasteiger partial charge on any atom is 0.246 e. The van der Waals surface area contributed by atoms with Gasteiger partial charge < -0.3 is 20.3 Å². The van der Waals surface area contributed by atoms with Crippen molar-refractivity contribution in [3.63, 3.8) is 0 Å². The highest BCUT2D eigenvalue weighted by atomic mass is 16.5. The molecule has 9 nitrogen and oxygen atoms in total. The SMILES string of the molecule is CCN(C)CC=CC(=O)N1CCC(n2nc(-c3ccc(Oc4ccccc4)cc3)c3c(N)ncnc32)C1. The minimum absolute atomic E-state index is 0.00176. The molecule has 190 valence electrons. The quantitative estimate of drug-likeness (QED) is 0.365. The van der Waals surface area contributed by atoms with Gasteiger partial charge in [-0.2, -0.15) is 5.10 Å². The summed E-state index contributed by atoms with van der Waals surface area (Å²) in [6.07, 6.45) is 5.83. The first-order valence-corrected chi connectivity index (χ1v) is 12.5. The number of hydrogen-bond donors (Lipinski definition) is 1. The Kier molecular flexibility index (Phi) is 7.14. The number of para-hydroxylation sites is 1. The maximum atomic E-state index is 12.7. The van der Waals surface area contributed by atoms with Crippen LogP contribution in [0.3, 0.4) is 0 Å². The molecule has 1 unspecified atom stereocenters. The minimum Gasteiger partial charge on any atom is -0.457 e. The van der Waals surface area contributed by atoms with Crippen LogP contribution in [0, 0.1) is 0 Å². The number of nitrogens with zero attached hydrogens (tertiary/aromatic N) is 6. The van der Waals surface area contributed by atoms with E-state index in [0.717, 1.165) is 36.6 Å². The molecule has 5 rings (SSSR count). The monoisotopic (exact) mass is 497 g/mol. The summed E-state index contributed by atoms with van der Waals surface area (Å²) in [5, 5.41) is 5.65. The third-order valence-corrected chi connectivity index (χ3v) is 6.66. The van der Waals surface area contributed by atoms with Crippen molar-refractivity contribution in [3.05, 3.63) is 73.1 Å². The third-order valence-electron chi connectivity index (χ3n) is 6.66. The zero-order valence-corrected chi connectivity index (χ0v) is 21.1. The van der Waals surface area contributed by atoms with Gasteiger partial charge >= 0.3 is 0 Å². The second kappa shape index (κ2) is 10.8. The van der Waals surface area contributed by atoms with Crippen LogP contribution in [0.4, 0.5) is 5.82 Å². The fourth-order valence-electron chi connectivity index (χ4n) is 4.47. The summed E-state index contributed by atoms with van der Waals surface area (Å²) in [5.74, 6) is 1.90. The number of aromatic nitrogens is 4. The van der Waals surface area contributed by atoms with E-state index >= 15 is 0 Å². The summed E-state index contributed by atoms with van der Waals surface area (Å²) in [7, 11) is 2.03. The Morgan fingerprint density at radius 1 is 1.14 bits per heavy atom. The fourth-order valence-corrected chi connectivity index (χ4v) is 4.47. The molecule has 9 heteroatoms. The molecule has 0 saturated carbocycles. The molecule has 37 heavy (non-hydrogen) atoms. The van der Waals surface area contributed by atoms with Crippen molar-refractivity contribution >= 4 is 22.8 Å². The van der Waals surface area contributed by atoms with Gasteiger partial charge in [0.1, 0.15) is 29.3 Å². The van der Waals surface area contributed by atoms with Crippen LogP contribution < -0.4 is 10.5 Å². The Hall–Kier alpha value is -4.24. The number of likely N-dealkylation sites (tertiary alicyclic amines) is 1. The highest BCUT2D eigenvalue weighted by Crippen LogP contribution is 2.35. The van der Waals surface area contributed by atoms with Crippen molar-refractivity contribution in [2.45, 2.75) is 19.4 Å². The van der Waals surface area contributed by atoms with E-state index in [9.17, 15) is 4.79 Å². The molecule has 3 heterocycles. The molecule has 0 aliphatic carbocycles. The van der Waals surface area contributed by atoms with E-state index < -0.39 is 0 Å². The van der Waals surface area contributed by atoms with Gasteiger partial charge in [-0.1, -0.05) is 31.2 Å². The number of nitrogens with two attached hydrogens (primary N) is 1. The number of anilines is 1. The van der Waals surface area contributed by atoms with E-state index in [-0.39, 0.29) is 11.9 Å². The molecule has 1 saturated heterocycles. The lowest BCUT2D eigenvalue weighted by atomic mass is 10.1. The van der Waals surface area contributed by atoms with Crippen molar-refractivity contribution in [1.29, 1.82) is 0 Å². The molecule has 0 radical (unpaired) electrons. The topological polar surface area (TPSA) is 102 Å². The molecular formula is C28H31N7O2. The zero-order valence-electron chi connectivity index (χ0n) is 21.1. The Balaban J connectivity index is 1.38. The lowest BCUT2D eigenvalue weighted by Gasteiger charge is -2.15. The second-order valence-electron chi connectivity index (χ2n) is 9.17. The maximum absolute atomic E-state index is 12.7. The normalized spacial score (nSPS) is 15.8. The average molecular weight is 498 g/mol. The van der Waals surface area contributed by atoms with E-state index in [1.54, 1.807) is 6.08 Å². The van der Waals surface area contributed by atoms with Crippen LogP contribution >= 0.6 is 0 Å². The first kappa shape index (κ1) is 24.5. The number of carbonyl (C=O) groups is 1. The van der Waals surface area contributed by atoms with Crippen LogP contribution in [0.2, 0.25) is 0 Å². The molecule has 1 fully saturated rings. The predicted molar refractivity (Wildman–Crippen MR) is 144 cm³/mol. The average Bonchev–Trinajstić information content (AvgIpc) is 3.56. The first-order chi connectivity index (χ1) is 18.0. The van der Waals surface area contributed by atoms with E-state index in [0.29, 0.717) is 35.6 Å². The summed E-state index contributed by atoms with van der Waals surface area (Å²) >= 11 is 0. The largest absolute Gasteiger partial charge is 0.457 e. The van der Waals surface area contributed by atoms with Gasteiger partial charge in [-0.3, -0.25) is 4.79 Å². The Bertz CT molecular complexity index is 1400. The lowest BCUT2D eigenvalue weighted by molar-refractivity contribution is -0.125. The van der Waals surface area contributed by atoms with Gasteiger partial charge in [-0.15, -0.1) is 0 Å². The number of likely N-dealkylation sites (N-methyl/N-ethyl adjacent to an activating group) is 1. The second-order valence-corrected chi connectivity index (χ2v) is 9.17. The summed E-state index contributed by atoms with van der Waals surface area (Å²) in [5.41, 5.74) is 8.57. The summed E-state index contributed by atoms with van der Waals surface area (Å²) < 4.78 is 7.83. The van der Waals surface area contributed by atoms with E-state index in [2.05, 4.69) is 21.8 Å². The molecule has 0 bridgehead atoms. The number of rotatable bonds is 8. The van der Waals surface area contributed by atoms with Crippen molar-refractivity contribution in [3.8, 4) is 22.8 Å². The van der Waals surface area contributed by atoms with Crippen molar-refractivity contribution < 1.29 is 9.53 Å². The molecule has 1 atom stereocenters. The molecule has 1 aliphatic rings. The Morgan fingerprint density at radius 2 is 1.89 bits per heavy atom. The van der Waals surface area contributed by atoms with Crippen molar-refractivity contribution in [2.24, 2.45) is 0 Å². The van der Waals surface area contributed by atoms with Gasteiger partial charge in [0.05, 0.1) is 11.4 Å². The van der Waals surface area contributed by atoms with Crippen molar-refractivity contribution in [1.82, 2.24) is 29.5 Å². The van der Waals surface area contributed by atoms with Gasteiger partial charge in [-0.05, 0) is 56.4 Å². The number of benzene rings is 2. The highest BCUT2D eigenvalue weighted by molar-refractivity contribution is 5.98. The van der Waals surface area contributed by atoms with Gasteiger partial charge in [0.15, 0.2) is 5.65 Å². The standard InChI is InChI=1S/C28H31N7O2/c1-3-33(2)16-7-10-24(36)34-17-15-21(18-34)35-28-25(27(29)30-19-31-28)26(32-35)20-11-13-23(14-12-20)37-22-8-5-4-6-9-22/h4-14,19,21H,3,15-18H2,1-2H3,(H2,29,30,31). The van der Waals surface area contributed by atoms with Crippen LogP contribution in [0.25, 0.3) is 22.3 Å². The van der Waals surface area contributed by atoms with Gasteiger partial charge in [0.2, 0.25) is 5.91 Å². The van der Waals surface area contributed by atoms with Gasteiger partial charge in [0, 0.05) is 31.3 Å². The van der Waals surface area contributed by atoms with Crippen LogP contribution in [-0.4, -0.2) is 68.7 Å². The Labute approximate surface area is 216 Å². The van der Waals surface area contributed by atoms with Crippen LogP contribution in [0.1, 0.15) is 19.4 Å². The minimum atomic E-state index is 0.00176. The molecular weight excluding hydrogens is 466 g/mol. The fraction of sp³-hybridized carbons (Fsp3) is 0.286. The summed E-state index contributed by atoms with van der Waals surface area (Å²) in [6.45, 7) is 5.01. The number of nitrogen functional groups attached to an aromatic ring is 1. The molecule has 1 aliphatic heterocycles. The molecule has 0 spiro atoms. The van der Waals surface area contributed by atoms with E-state index in [1.165, 1.54) is 6.33 Å². The summed E-state index contributed by atoms with van der Waals surface area (Å²) in [6, 6.07) is 17.4. The molecule has 2 N–H and O–H groups in total. The smallest absolute Gasteiger partial charge is 0.246 e. The number of ether oxygens (including phenoxy) is 1. The van der Waals surface area contributed by atoms with Crippen LogP contribution in [-0.2, 0) is 4.79 Å². The number of fused-ring (bicyclic) bond motifs is 1. The predicted octanol–water partition coefficient (Wildman–Crippen LogP) is 4.15. The molecule has 4 aromatic rings. The number of hydrogen-bond acceptors (Lipinski definition) is 7. The lowest BCUT2D eigenvalue weighted by Crippen LogP contribution is -2.28. The van der Waals surface area contributed by atoms with Crippen molar-refractivity contribution in [2.75, 3.05) is 39.0 Å². The molecule has 2 aromatic carbocycles. The van der Waals surface area contributed by atoms with Crippen LogP contribution in [0.5, 0.6) is 11.5 Å². The first-order valence-electron chi connectivity index (χ1n) is 12.5. The highest BCUT2D eigenvalue weighted by Gasteiger charge is 2.30. The van der Waals surface area contributed by atoms with E-state index in [1.807, 2.05) is 77.3 Å². The van der Waals surface area contributed by atoms with E-state index in [4.69, 9.17) is 15.6 Å².